The van der Waals surface area contributed by atoms with Crippen molar-refractivity contribution in [3.63, 3.8) is 0 Å². The molecule has 1 aromatic heterocycles. The van der Waals surface area contributed by atoms with Gasteiger partial charge >= 0.3 is 0 Å². The van der Waals surface area contributed by atoms with Gasteiger partial charge in [-0.05, 0) is 62.6 Å². The quantitative estimate of drug-likeness (QED) is 0.695. The Hall–Kier alpha value is -2.44. The molecule has 0 radical (unpaired) electrons. The molecule has 1 fully saturated rings. The molecule has 0 spiro atoms. The lowest BCUT2D eigenvalue weighted by Gasteiger charge is -2.15. The molecule has 5 nitrogen and oxygen atoms in total. The second-order valence-electron chi connectivity index (χ2n) is 7.11. The highest BCUT2D eigenvalue weighted by Gasteiger charge is 2.27. The number of aryl methyl sites for hydroxylation is 1. The van der Waals surface area contributed by atoms with Crippen LogP contribution in [0.5, 0.6) is 0 Å². The number of amides is 2. The molecular weight excluding hydrogens is 394 g/mol. The van der Waals surface area contributed by atoms with Gasteiger partial charge in [-0.1, -0.05) is 35.1 Å². The number of fused-ring (bicyclic) bond motifs is 1. The van der Waals surface area contributed by atoms with Crippen LogP contribution in [0.2, 0.25) is 5.02 Å². The Labute approximate surface area is 171 Å². The van der Waals surface area contributed by atoms with Gasteiger partial charge in [0.25, 0.3) is 5.91 Å². The third kappa shape index (κ3) is 3.88. The zero-order chi connectivity index (χ0) is 19.8. The Morgan fingerprint density at radius 1 is 1.25 bits per heavy atom. The molecule has 28 heavy (non-hydrogen) atoms. The smallest absolute Gasteiger partial charge is 0.279 e. The average Bonchev–Trinajstić information content (AvgIpc) is 3.40. The molecule has 0 aliphatic heterocycles. The number of nitrogens with one attached hydrogen (secondary N) is 1. The van der Waals surface area contributed by atoms with Gasteiger partial charge in [0.05, 0.1) is 10.2 Å². The Balaban J connectivity index is 1.82. The van der Waals surface area contributed by atoms with Crippen LogP contribution in [-0.4, -0.2) is 22.4 Å². The SMILES string of the molecule is Cc1ccc2c(c1)sc(=NC(=O)c1cccc(Cl)c1)n2[C@H](C)C(=O)NC1CC1. The third-order valence-corrected chi connectivity index (χ3v) is 5.99. The Bertz CT molecular complexity index is 1140. The topological polar surface area (TPSA) is 63.5 Å². The average molecular weight is 414 g/mol. The highest BCUT2D eigenvalue weighted by molar-refractivity contribution is 7.16. The van der Waals surface area contributed by atoms with Crippen molar-refractivity contribution >= 4 is 45.0 Å². The molecule has 1 heterocycles. The lowest BCUT2D eigenvalue weighted by molar-refractivity contribution is -0.124. The maximum Gasteiger partial charge on any atom is 0.279 e. The number of thiazole rings is 1. The molecule has 144 valence electrons. The lowest BCUT2D eigenvalue weighted by Crippen LogP contribution is -2.35. The van der Waals surface area contributed by atoms with E-state index in [-0.39, 0.29) is 17.9 Å². The van der Waals surface area contributed by atoms with E-state index in [1.54, 1.807) is 24.3 Å². The summed E-state index contributed by atoms with van der Waals surface area (Å²) in [6.07, 6.45) is 2.05. The van der Waals surface area contributed by atoms with Gasteiger partial charge in [0.2, 0.25) is 5.91 Å². The summed E-state index contributed by atoms with van der Waals surface area (Å²) < 4.78 is 2.84. The van der Waals surface area contributed by atoms with Crippen molar-refractivity contribution in [2.24, 2.45) is 4.99 Å². The van der Waals surface area contributed by atoms with Crippen LogP contribution in [0.25, 0.3) is 10.2 Å². The Kier molecular flexibility index (Phi) is 5.08. The summed E-state index contributed by atoms with van der Waals surface area (Å²) in [6, 6.07) is 12.5. The van der Waals surface area contributed by atoms with Crippen LogP contribution in [0.4, 0.5) is 0 Å². The van der Waals surface area contributed by atoms with Gasteiger partial charge in [0, 0.05) is 16.6 Å². The molecule has 1 aliphatic rings. The predicted molar refractivity (Wildman–Crippen MR) is 112 cm³/mol. The first-order valence-corrected chi connectivity index (χ1v) is 10.4. The first kappa shape index (κ1) is 18.9. The van der Waals surface area contributed by atoms with Gasteiger partial charge in [-0.25, -0.2) is 0 Å². The Morgan fingerprint density at radius 3 is 2.75 bits per heavy atom. The van der Waals surface area contributed by atoms with E-state index in [1.165, 1.54) is 11.3 Å². The minimum absolute atomic E-state index is 0.0561. The van der Waals surface area contributed by atoms with E-state index < -0.39 is 6.04 Å². The molecule has 1 N–H and O–H groups in total. The number of aromatic nitrogens is 1. The van der Waals surface area contributed by atoms with Crippen LogP contribution >= 0.6 is 22.9 Å². The molecule has 0 saturated heterocycles. The number of halogens is 1. The summed E-state index contributed by atoms with van der Waals surface area (Å²) in [5, 5.41) is 3.52. The number of carbonyl (C=O) groups excluding carboxylic acids is 2. The number of carbonyl (C=O) groups is 2. The summed E-state index contributed by atoms with van der Waals surface area (Å²) in [5.74, 6) is -0.436. The van der Waals surface area contributed by atoms with Crippen molar-refractivity contribution in [2.45, 2.75) is 38.8 Å². The predicted octanol–water partition coefficient (Wildman–Crippen LogP) is 4.25. The molecule has 7 heteroatoms. The van der Waals surface area contributed by atoms with Gasteiger partial charge in [0.1, 0.15) is 6.04 Å². The van der Waals surface area contributed by atoms with Crippen LogP contribution in [-0.2, 0) is 4.79 Å². The van der Waals surface area contributed by atoms with E-state index in [0.29, 0.717) is 15.4 Å². The minimum atomic E-state index is -0.469. The van der Waals surface area contributed by atoms with Gasteiger partial charge < -0.3 is 9.88 Å². The van der Waals surface area contributed by atoms with Gasteiger partial charge in [0.15, 0.2) is 4.80 Å². The van der Waals surface area contributed by atoms with Crippen LogP contribution in [0.1, 0.15) is 41.7 Å². The standard InChI is InChI=1S/C21H20ClN3O2S/c1-12-6-9-17-18(10-12)28-21(24-20(27)14-4-3-5-15(22)11-14)25(17)13(2)19(26)23-16-7-8-16/h3-6,9-11,13,16H,7-8H2,1-2H3,(H,23,26)/t13-/m1/s1. The van der Waals surface area contributed by atoms with Crippen molar-refractivity contribution in [2.75, 3.05) is 0 Å². The van der Waals surface area contributed by atoms with Crippen LogP contribution in [0.3, 0.4) is 0 Å². The number of hydrogen-bond donors (Lipinski definition) is 1. The summed E-state index contributed by atoms with van der Waals surface area (Å²) in [6.45, 7) is 3.85. The molecular formula is C21H20ClN3O2S. The van der Waals surface area contributed by atoms with E-state index in [2.05, 4.69) is 10.3 Å². The fourth-order valence-electron chi connectivity index (χ4n) is 3.04. The molecule has 1 atom stereocenters. The number of nitrogens with zero attached hydrogens (tertiary/aromatic N) is 2. The molecule has 2 aromatic carbocycles. The zero-order valence-electron chi connectivity index (χ0n) is 15.6. The zero-order valence-corrected chi connectivity index (χ0v) is 17.2. The maximum atomic E-state index is 12.7. The summed E-state index contributed by atoms with van der Waals surface area (Å²) >= 11 is 7.41. The number of rotatable bonds is 4. The van der Waals surface area contributed by atoms with Crippen molar-refractivity contribution in [1.29, 1.82) is 0 Å². The molecule has 0 bridgehead atoms. The third-order valence-electron chi connectivity index (χ3n) is 4.74. The Morgan fingerprint density at radius 2 is 2.04 bits per heavy atom. The van der Waals surface area contributed by atoms with Gasteiger partial charge in [-0.3, -0.25) is 9.59 Å². The second kappa shape index (κ2) is 7.53. The van der Waals surface area contributed by atoms with Gasteiger partial charge in [-0.15, -0.1) is 0 Å². The van der Waals surface area contributed by atoms with Crippen molar-refractivity contribution in [3.05, 3.63) is 63.4 Å². The normalized spacial score (nSPS) is 15.6. The summed E-state index contributed by atoms with van der Waals surface area (Å²) in [7, 11) is 0. The summed E-state index contributed by atoms with van der Waals surface area (Å²) in [5.41, 5.74) is 2.43. The summed E-state index contributed by atoms with van der Waals surface area (Å²) in [4.78, 5) is 30.2. The number of hydrogen-bond acceptors (Lipinski definition) is 3. The largest absolute Gasteiger partial charge is 0.352 e. The van der Waals surface area contributed by atoms with E-state index in [1.807, 2.05) is 36.6 Å². The fourth-order valence-corrected chi connectivity index (χ4v) is 4.43. The van der Waals surface area contributed by atoms with E-state index >= 15 is 0 Å². The van der Waals surface area contributed by atoms with E-state index in [0.717, 1.165) is 28.6 Å². The first-order chi connectivity index (χ1) is 13.4. The molecule has 1 aliphatic carbocycles. The van der Waals surface area contributed by atoms with Crippen molar-refractivity contribution in [1.82, 2.24) is 9.88 Å². The maximum absolute atomic E-state index is 12.7. The fraction of sp³-hybridized carbons (Fsp3) is 0.286. The van der Waals surface area contributed by atoms with E-state index in [9.17, 15) is 9.59 Å². The molecule has 2 amide bonds. The molecule has 4 rings (SSSR count). The molecule has 3 aromatic rings. The van der Waals surface area contributed by atoms with Crippen molar-refractivity contribution < 1.29 is 9.59 Å². The van der Waals surface area contributed by atoms with Crippen LogP contribution < -0.4 is 10.1 Å². The minimum Gasteiger partial charge on any atom is -0.352 e. The van der Waals surface area contributed by atoms with Crippen LogP contribution in [0, 0.1) is 6.92 Å². The highest BCUT2D eigenvalue weighted by Crippen LogP contribution is 2.24. The molecule has 0 unspecified atom stereocenters. The lowest BCUT2D eigenvalue weighted by atomic mass is 10.2. The van der Waals surface area contributed by atoms with Crippen LogP contribution in [0.15, 0.2) is 47.5 Å². The van der Waals surface area contributed by atoms with Gasteiger partial charge in [-0.2, -0.15) is 4.99 Å². The van der Waals surface area contributed by atoms with Crippen molar-refractivity contribution in [3.8, 4) is 0 Å². The first-order valence-electron chi connectivity index (χ1n) is 9.19. The molecule has 1 saturated carbocycles. The monoisotopic (exact) mass is 413 g/mol. The second-order valence-corrected chi connectivity index (χ2v) is 8.56. The highest BCUT2D eigenvalue weighted by atomic mass is 35.5. The number of benzene rings is 2. The van der Waals surface area contributed by atoms with E-state index in [4.69, 9.17) is 11.6 Å².